The van der Waals surface area contributed by atoms with Gasteiger partial charge in [-0.15, -0.1) is 0 Å². The molecule has 170 valence electrons. The van der Waals surface area contributed by atoms with Crippen LogP contribution in [0.1, 0.15) is 45.1 Å². The summed E-state index contributed by atoms with van der Waals surface area (Å²) in [7, 11) is 0. The van der Waals surface area contributed by atoms with Crippen molar-refractivity contribution in [2.24, 2.45) is 0 Å². The molecule has 7 heteroatoms. The summed E-state index contributed by atoms with van der Waals surface area (Å²) in [5.74, 6) is -0.0411. The van der Waals surface area contributed by atoms with Gasteiger partial charge in [0.25, 0.3) is 0 Å². The van der Waals surface area contributed by atoms with Crippen LogP contribution in [-0.2, 0) is 11.2 Å². The molecule has 2 aromatic carbocycles. The van der Waals surface area contributed by atoms with E-state index in [0.717, 1.165) is 27.7 Å². The Balaban J connectivity index is 1.56. The normalized spacial score (nSPS) is 25.9. The molecular weight excluding hydrogens is 412 g/mol. The highest BCUT2D eigenvalue weighted by Gasteiger charge is 2.44. The Morgan fingerprint density at radius 3 is 2.50 bits per heavy atom. The molecule has 3 aromatic rings. The van der Waals surface area contributed by atoms with Gasteiger partial charge in [0.15, 0.2) is 5.78 Å². The van der Waals surface area contributed by atoms with Crippen molar-refractivity contribution in [3.8, 4) is 0 Å². The Morgan fingerprint density at radius 2 is 1.75 bits per heavy atom. The molecule has 1 aromatic heterocycles. The molecule has 0 spiro atoms. The van der Waals surface area contributed by atoms with Crippen LogP contribution < -0.4 is 0 Å². The van der Waals surface area contributed by atoms with Gasteiger partial charge >= 0.3 is 0 Å². The number of fused-ring (bicyclic) bond motifs is 1. The third-order valence-corrected chi connectivity index (χ3v) is 6.27. The van der Waals surface area contributed by atoms with Crippen LogP contribution >= 0.6 is 0 Å². The summed E-state index contributed by atoms with van der Waals surface area (Å²) in [6.45, 7) is 3.19. The van der Waals surface area contributed by atoms with Gasteiger partial charge in [-0.3, -0.25) is 4.79 Å². The number of ketones is 1. The highest BCUT2D eigenvalue weighted by Crippen LogP contribution is 2.35. The van der Waals surface area contributed by atoms with E-state index in [9.17, 15) is 25.2 Å². The van der Waals surface area contributed by atoms with Crippen molar-refractivity contribution < 1.29 is 34.4 Å². The van der Waals surface area contributed by atoms with Crippen molar-refractivity contribution >= 4 is 16.8 Å². The number of Topliss-reactive ketones (excluding diaryl/α,β-unsaturated/α-hetero) is 1. The average molecular weight is 440 g/mol. The van der Waals surface area contributed by atoms with Gasteiger partial charge in [0.05, 0.1) is 12.9 Å². The third kappa shape index (κ3) is 4.22. The number of hydrogen-bond acceptors (Lipinski definition) is 7. The summed E-state index contributed by atoms with van der Waals surface area (Å²) in [6.07, 6.45) is -3.75. The van der Waals surface area contributed by atoms with Crippen LogP contribution in [0.4, 0.5) is 0 Å². The van der Waals surface area contributed by atoms with Crippen molar-refractivity contribution in [2.45, 2.75) is 57.2 Å². The van der Waals surface area contributed by atoms with Crippen molar-refractivity contribution in [3.05, 3.63) is 70.5 Å². The van der Waals surface area contributed by atoms with Gasteiger partial charge in [0.1, 0.15) is 36.1 Å². The molecule has 0 aliphatic carbocycles. The SMILES string of the molecule is Cc1cc(C)c(C2OC(CO)C(O)C(O)C2O)cc1C(=O)CCc1ccc2occc2c1. The maximum atomic E-state index is 13.1. The predicted molar refractivity (Wildman–Crippen MR) is 118 cm³/mol. The van der Waals surface area contributed by atoms with Gasteiger partial charge in [-0.2, -0.15) is 0 Å². The number of hydrogen-bond donors (Lipinski definition) is 4. The van der Waals surface area contributed by atoms with Crippen LogP contribution in [-0.4, -0.2) is 57.2 Å². The van der Waals surface area contributed by atoms with E-state index in [2.05, 4.69) is 0 Å². The van der Waals surface area contributed by atoms with Gasteiger partial charge < -0.3 is 29.6 Å². The molecule has 7 nitrogen and oxygen atoms in total. The van der Waals surface area contributed by atoms with Crippen LogP contribution in [0.25, 0.3) is 11.0 Å². The van der Waals surface area contributed by atoms with E-state index in [1.807, 2.05) is 44.2 Å². The minimum Gasteiger partial charge on any atom is -0.464 e. The molecule has 1 aliphatic rings. The van der Waals surface area contributed by atoms with E-state index in [1.165, 1.54) is 0 Å². The highest BCUT2D eigenvalue weighted by atomic mass is 16.5. The molecule has 0 radical (unpaired) electrons. The number of carbonyl (C=O) groups excluding carboxylic acids is 1. The Kier molecular flexibility index (Phi) is 6.46. The van der Waals surface area contributed by atoms with Crippen molar-refractivity contribution in [1.29, 1.82) is 0 Å². The second kappa shape index (κ2) is 9.13. The summed E-state index contributed by atoms with van der Waals surface area (Å²) in [5, 5.41) is 41.2. The average Bonchev–Trinajstić information content (AvgIpc) is 3.25. The van der Waals surface area contributed by atoms with Gasteiger partial charge in [-0.05, 0) is 66.8 Å². The molecule has 1 aliphatic heterocycles. The Morgan fingerprint density at radius 1 is 0.969 bits per heavy atom. The van der Waals surface area contributed by atoms with Crippen LogP contribution in [0.2, 0.25) is 0 Å². The first-order chi connectivity index (χ1) is 15.3. The van der Waals surface area contributed by atoms with Crippen molar-refractivity contribution in [2.75, 3.05) is 6.61 Å². The summed E-state index contributed by atoms with van der Waals surface area (Å²) < 4.78 is 11.1. The first-order valence-electron chi connectivity index (χ1n) is 10.7. The monoisotopic (exact) mass is 440 g/mol. The number of rotatable bonds is 6. The number of aliphatic hydroxyl groups is 4. The Labute approximate surface area is 185 Å². The zero-order chi connectivity index (χ0) is 23.0. The van der Waals surface area contributed by atoms with E-state index >= 15 is 0 Å². The quantitative estimate of drug-likeness (QED) is 0.434. The van der Waals surface area contributed by atoms with E-state index < -0.39 is 37.1 Å². The molecule has 4 N–H and O–H groups in total. The van der Waals surface area contributed by atoms with Crippen molar-refractivity contribution in [1.82, 2.24) is 0 Å². The molecule has 5 atom stereocenters. The van der Waals surface area contributed by atoms with Crippen LogP contribution in [0.15, 0.2) is 47.1 Å². The van der Waals surface area contributed by atoms with E-state index in [0.29, 0.717) is 24.0 Å². The predicted octanol–water partition coefficient (Wildman–Crippen LogP) is 2.38. The molecule has 0 saturated carbocycles. The maximum Gasteiger partial charge on any atom is 0.163 e. The second-order valence-corrected chi connectivity index (χ2v) is 8.49. The number of furan rings is 1. The minimum absolute atomic E-state index is 0.0411. The van der Waals surface area contributed by atoms with E-state index in [1.54, 1.807) is 12.3 Å². The zero-order valence-corrected chi connectivity index (χ0v) is 18.1. The van der Waals surface area contributed by atoms with Crippen LogP contribution in [0, 0.1) is 13.8 Å². The lowest BCUT2D eigenvalue weighted by molar-refractivity contribution is -0.231. The number of ether oxygens (including phenoxy) is 1. The zero-order valence-electron chi connectivity index (χ0n) is 18.1. The Hall–Kier alpha value is -2.55. The highest BCUT2D eigenvalue weighted by molar-refractivity contribution is 5.98. The van der Waals surface area contributed by atoms with Crippen LogP contribution in [0.5, 0.6) is 0 Å². The number of aliphatic hydroxyl groups excluding tert-OH is 4. The van der Waals surface area contributed by atoms with Gasteiger partial charge in [0, 0.05) is 17.4 Å². The summed E-state index contributed by atoms with van der Waals surface area (Å²) >= 11 is 0. The molecule has 1 saturated heterocycles. The molecule has 1 fully saturated rings. The number of aryl methyl sites for hydroxylation is 3. The van der Waals surface area contributed by atoms with Crippen LogP contribution in [0.3, 0.4) is 0 Å². The fraction of sp³-hybridized carbons (Fsp3) is 0.400. The molecule has 2 heterocycles. The summed E-state index contributed by atoms with van der Waals surface area (Å²) in [4.78, 5) is 13.1. The molecule has 5 unspecified atom stereocenters. The molecule has 32 heavy (non-hydrogen) atoms. The lowest BCUT2D eigenvalue weighted by Crippen LogP contribution is -2.55. The molecule has 0 bridgehead atoms. The van der Waals surface area contributed by atoms with Gasteiger partial charge in [-0.1, -0.05) is 12.1 Å². The van der Waals surface area contributed by atoms with Crippen molar-refractivity contribution in [3.63, 3.8) is 0 Å². The molecule has 4 rings (SSSR count). The van der Waals surface area contributed by atoms with Gasteiger partial charge in [-0.25, -0.2) is 0 Å². The van der Waals surface area contributed by atoms with E-state index in [-0.39, 0.29) is 5.78 Å². The lowest BCUT2D eigenvalue weighted by atomic mass is 9.86. The number of carbonyl (C=O) groups is 1. The summed E-state index contributed by atoms with van der Waals surface area (Å²) in [5.41, 5.74) is 4.51. The first kappa shape index (κ1) is 22.6. The maximum absolute atomic E-state index is 13.1. The lowest BCUT2D eigenvalue weighted by Gasteiger charge is -2.40. The smallest absolute Gasteiger partial charge is 0.163 e. The largest absolute Gasteiger partial charge is 0.464 e. The number of benzene rings is 2. The van der Waals surface area contributed by atoms with E-state index in [4.69, 9.17) is 9.15 Å². The second-order valence-electron chi connectivity index (χ2n) is 8.49. The standard InChI is InChI=1S/C25H28O7/c1-13-9-14(2)18(25-24(30)23(29)22(28)21(12-26)32-25)11-17(13)19(27)5-3-15-4-6-20-16(10-15)7-8-31-20/h4,6-11,21-26,28-30H,3,5,12H2,1-2H3. The molecule has 0 amide bonds. The first-order valence-corrected chi connectivity index (χ1v) is 10.7. The summed E-state index contributed by atoms with van der Waals surface area (Å²) in [6, 6.07) is 11.3. The molecular formula is C25H28O7. The fourth-order valence-electron chi connectivity index (χ4n) is 4.40. The van der Waals surface area contributed by atoms with Gasteiger partial charge in [0.2, 0.25) is 0 Å². The topological polar surface area (TPSA) is 120 Å². The minimum atomic E-state index is -1.47. The Bertz CT molecular complexity index is 1120. The fourth-order valence-corrected chi connectivity index (χ4v) is 4.40. The third-order valence-electron chi connectivity index (χ3n) is 6.27.